The van der Waals surface area contributed by atoms with Crippen molar-refractivity contribution in [3.8, 4) is 33.4 Å². The number of rotatable bonds is 7. The summed E-state index contributed by atoms with van der Waals surface area (Å²) in [7, 11) is 0. The standard InChI is InChI=1S/C54H46N2/c1-53(2)46-27-21-34(29-43(46)44-30-38-15-8-10-17-40(38)32-48(44)53)22-28-50(56-52(55)37-13-6-5-7-14-37)36-25-23-35(24-26-36)42-19-12-20-47-51(42)45-31-39-16-9-11-18-41(39)33-49(45)54(47,3)4/h5-21,23-33,52,56H,22,55H2,1-4H3/b50-28-. The van der Waals surface area contributed by atoms with E-state index in [4.69, 9.17) is 5.73 Å². The molecule has 0 amide bonds. The highest BCUT2D eigenvalue weighted by molar-refractivity contribution is 5.99. The fourth-order valence-electron chi connectivity index (χ4n) is 9.55. The van der Waals surface area contributed by atoms with Crippen LogP contribution < -0.4 is 11.1 Å². The number of fused-ring (bicyclic) bond motifs is 8. The van der Waals surface area contributed by atoms with Crippen molar-refractivity contribution in [1.29, 1.82) is 0 Å². The van der Waals surface area contributed by atoms with E-state index in [9.17, 15) is 0 Å². The lowest BCUT2D eigenvalue weighted by Gasteiger charge is -2.22. The van der Waals surface area contributed by atoms with E-state index in [-0.39, 0.29) is 17.0 Å². The Kier molecular flexibility index (Phi) is 7.92. The first-order chi connectivity index (χ1) is 27.2. The average molecular weight is 723 g/mol. The molecular weight excluding hydrogens is 677 g/mol. The van der Waals surface area contributed by atoms with Crippen LogP contribution in [0.1, 0.15) is 72.8 Å². The fourth-order valence-corrected chi connectivity index (χ4v) is 9.55. The summed E-state index contributed by atoms with van der Waals surface area (Å²) in [6.07, 6.45) is 2.73. The second kappa shape index (κ2) is 12.9. The number of allylic oxidation sites excluding steroid dienone is 1. The number of benzene rings is 8. The molecule has 10 rings (SSSR count). The Labute approximate surface area is 330 Å². The SMILES string of the molecule is CC1(C)c2ccc(C/C=C(\NC(N)c3ccccc3)c3ccc(-c4cccc5c4-c4cc6ccccc6cc4C5(C)C)cc3)cc2-c2cc3ccccc3cc21. The van der Waals surface area contributed by atoms with Crippen LogP contribution in [-0.4, -0.2) is 0 Å². The molecule has 2 aliphatic carbocycles. The normalized spacial score (nSPS) is 15.3. The minimum atomic E-state index is -0.353. The molecule has 0 heterocycles. The molecule has 1 atom stereocenters. The zero-order chi connectivity index (χ0) is 38.2. The number of nitrogens with one attached hydrogen (secondary N) is 1. The maximum Gasteiger partial charge on any atom is 0.101 e. The fraction of sp³-hybridized carbons (Fsp3) is 0.148. The minimum absolute atomic E-state index is 0.0511. The lowest BCUT2D eigenvalue weighted by atomic mass is 9.81. The van der Waals surface area contributed by atoms with Crippen LogP contribution in [0.5, 0.6) is 0 Å². The van der Waals surface area contributed by atoms with Gasteiger partial charge in [-0.2, -0.15) is 0 Å². The van der Waals surface area contributed by atoms with E-state index in [0.29, 0.717) is 0 Å². The predicted molar refractivity (Wildman–Crippen MR) is 237 cm³/mol. The lowest BCUT2D eigenvalue weighted by molar-refractivity contribution is 0.661. The molecule has 2 nitrogen and oxygen atoms in total. The summed E-state index contributed by atoms with van der Waals surface area (Å²) < 4.78 is 0. The zero-order valence-corrected chi connectivity index (χ0v) is 32.5. The minimum Gasteiger partial charge on any atom is -0.366 e. The molecule has 2 heteroatoms. The predicted octanol–water partition coefficient (Wildman–Crippen LogP) is 13.1. The molecule has 0 radical (unpaired) electrons. The summed E-state index contributed by atoms with van der Waals surface area (Å²) >= 11 is 0. The summed E-state index contributed by atoms with van der Waals surface area (Å²) in [4.78, 5) is 0. The molecule has 56 heavy (non-hydrogen) atoms. The van der Waals surface area contributed by atoms with Gasteiger partial charge >= 0.3 is 0 Å². The molecule has 3 N–H and O–H groups in total. The molecule has 2 aliphatic rings. The Hall–Kier alpha value is -6.22. The second-order valence-electron chi connectivity index (χ2n) is 16.8. The van der Waals surface area contributed by atoms with Gasteiger partial charge < -0.3 is 11.1 Å². The van der Waals surface area contributed by atoms with Gasteiger partial charge in [0.15, 0.2) is 0 Å². The molecule has 8 aromatic carbocycles. The van der Waals surface area contributed by atoms with Crippen LogP contribution in [0.15, 0.2) is 170 Å². The zero-order valence-electron chi connectivity index (χ0n) is 32.5. The largest absolute Gasteiger partial charge is 0.366 e. The first-order valence-corrected chi connectivity index (χ1v) is 19.9. The van der Waals surface area contributed by atoms with Gasteiger partial charge in [0.05, 0.1) is 0 Å². The highest BCUT2D eigenvalue weighted by Gasteiger charge is 2.38. The van der Waals surface area contributed by atoms with E-state index in [1.807, 2.05) is 18.2 Å². The van der Waals surface area contributed by atoms with Crippen LogP contribution in [0.3, 0.4) is 0 Å². The lowest BCUT2D eigenvalue weighted by Crippen LogP contribution is -2.27. The summed E-state index contributed by atoms with van der Waals surface area (Å²) in [6, 6.07) is 60.2. The molecule has 0 saturated carbocycles. The van der Waals surface area contributed by atoms with Crippen LogP contribution >= 0.6 is 0 Å². The van der Waals surface area contributed by atoms with Crippen LogP contribution in [-0.2, 0) is 17.3 Å². The van der Waals surface area contributed by atoms with Gasteiger partial charge in [0.25, 0.3) is 0 Å². The quantitative estimate of drug-likeness (QED) is 0.161. The monoisotopic (exact) mass is 722 g/mol. The van der Waals surface area contributed by atoms with Crippen LogP contribution in [0, 0.1) is 0 Å². The summed E-state index contributed by atoms with van der Waals surface area (Å²) in [5, 5.41) is 8.85. The molecule has 0 saturated heterocycles. The number of hydrogen-bond donors (Lipinski definition) is 2. The molecule has 1 unspecified atom stereocenters. The van der Waals surface area contributed by atoms with Crippen molar-refractivity contribution in [3.05, 3.63) is 209 Å². The van der Waals surface area contributed by atoms with Gasteiger partial charge in [0.1, 0.15) is 6.17 Å². The summed E-state index contributed by atoms with van der Waals surface area (Å²) in [5.74, 6) is 0. The molecule has 0 spiro atoms. The Morgan fingerprint density at radius 1 is 0.518 bits per heavy atom. The van der Waals surface area contributed by atoms with Gasteiger partial charge in [-0.3, -0.25) is 0 Å². The van der Waals surface area contributed by atoms with Gasteiger partial charge in [0.2, 0.25) is 0 Å². The molecular formula is C54H46N2. The third-order valence-electron chi connectivity index (χ3n) is 12.7. The van der Waals surface area contributed by atoms with Crippen molar-refractivity contribution in [1.82, 2.24) is 5.32 Å². The number of hydrogen-bond acceptors (Lipinski definition) is 2. The molecule has 8 aromatic rings. The highest BCUT2D eigenvalue weighted by atomic mass is 15.0. The highest BCUT2D eigenvalue weighted by Crippen LogP contribution is 2.53. The van der Waals surface area contributed by atoms with Gasteiger partial charge in [-0.15, -0.1) is 0 Å². The van der Waals surface area contributed by atoms with E-state index >= 15 is 0 Å². The summed E-state index contributed by atoms with van der Waals surface area (Å²) in [6.45, 7) is 9.43. The van der Waals surface area contributed by atoms with Crippen molar-refractivity contribution >= 4 is 27.2 Å². The molecule has 0 bridgehead atoms. The van der Waals surface area contributed by atoms with Crippen molar-refractivity contribution < 1.29 is 0 Å². The maximum atomic E-state index is 6.84. The van der Waals surface area contributed by atoms with Crippen LogP contribution in [0.4, 0.5) is 0 Å². The molecule has 0 aromatic heterocycles. The molecule has 0 fully saturated rings. The van der Waals surface area contributed by atoms with Crippen molar-refractivity contribution in [3.63, 3.8) is 0 Å². The molecule has 0 aliphatic heterocycles. The van der Waals surface area contributed by atoms with Crippen LogP contribution in [0.2, 0.25) is 0 Å². The maximum absolute atomic E-state index is 6.84. The Bertz CT molecular complexity index is 2860. The Morgan fingerprint density at radius 2 is 1.09 bits per heavy atom. The second-order valence-corrected chi connectivity index (χ2v) is 16.8. The third-order valence-corrected chi connectivity index (χ3v) is 12.7. The Balaban J connectivity index is 1.02. The van der Waals surface area contributed by atoms with Gasteiger partial charge in [-0.1, -0.05) is 173 Å². The Morgan fingerprint density at radius 3 is 1.77 bits per heavy atom. The van der Waals surface area contributed by atoms with Gasteiger partial charge in [-0.25, -0.2) is 0 Å². The van der Waals surface area contributed by atoms with Crippen molar-refractivity contribution in [2.24, 2.45) is 5.73 Å². The summed E-state index contributed by atoms with van der Waals surface area (Å²) in [5.41, 5.74) is 24.6. The van der Waals surface area contributed by atoms with E-state index < -0.39 is 0 Å². The number of nitrogens with two attached hydrogens (primary N) is 1. The van der Waals surface area contributed by atoms with E-state index in [2.05, 4.69) is 185 Å². The third kappa shape index (κ3) is 5.51. The van der Waals surface area contributed by atoms with Crippen molar-refractivity contribution in [2.75, 3.05) is 0 Å². The smallest absolute Gasteiger partial charge is 0.101 e. The van der Waals surface area contributed by atoms with E-state index in [1.54, 1.807) is 0 Å². The van der Waals surface area contributed by atoms with Crippen LogP contribution in [0.25, 0.3) is 60.6 Å². The average Bonchev–Trinajstić information content (AvgIpc) is 3.59. The topological polar surface area (TPSA) is 38.0 Å². The van der Waals surface area contributed by atoms with Crippen molar-refractivity contribution in [2.45, 2.75) is 51.1 Å². The van der Waals surface area contributed by atoms with E-state index in [1.165, 1.54) is 82.7 Å². The first-order valence-electron chi connectivity index (χ1n) is 19.9. The van der Waals surface area contributed by atoms with E-state index in [0.717, 1.165) is 23.2 Å². The first kappa shape index (κ1) is 34.3. The van der Waals surface area contributed by atoms with Gasteiger partial charge in [0, 0.05) is 16.5 Å². The van der Waals surface area contributed by atoms with Gasteiger partial charge in [-0.05, 0) is 125 Å². The molecule has 272 valence electrons.